The zero-order valence-electron chi connectivity index (χ0n) is 16.8. The molecule has 2 aromatic rings. The average Bonchev–Trinajstić information content (AvgIpc) is 2.97. The first kappa shape index (κ1) is 20.5. The number of pyridine rings is 1. The summed E-state index contributed by atoms with van der Waals surface area (Å²) in [4.78, 5) is 33.1. The monoisotopic (exact) mass is 395 g/mol. The number of benzene rings is 1. The Labute approximate surface area is 170 Å². The summed E-state index contributed by atoms with van der Waals surface area (Å²) in [5.41, 5.74) is 1.23. The third-order valence-corrected chi connectivity index (χ3v) is 4.77. The van der Waals surface area contributed by atoms with E-state index in [1.54, 1.807) is 12.1 Å². The van der Waals surface area contributed by atoms with Crippen molar-refractivity contribution in [1.29, 1.82) is 0 Å². The molecule has 0 radical (unpaired) electrons. The number of amides is 1. The number of likely N-dealkylation sites (tertiary alicyclic amines) is 1. The number of aliphatic hydroxyl groups is 1. The van der Waals surface area contributed by atoms with E-state index in [0.717, 1.165) is 0 Å². The van der Waals surface area contributed by atoms with Crippen LogP contribution in [-0.4, -0.2) is 65.4 Å². The van der Waals surface area contributed by atoms with Crippen molar-refractivity contribution in [3.8, 4) is 5.75 Å². The summed E-state index contributed by atoms with van der Waals surface area (Å²) in [5, 5.41) is 10.9. The normalized spacial score (nSPS) is 18.5. The van der Waals surface area contributed by atoms with E-state index in [1.807, 2.05) is 50.2 Å². The summed E-state index contributed by atoms with van der Waals surface area (Å²) in [6.07, 6.45) is 3.06. The van der Waals surface area contributed by atoms with E-state index in [1.165, 1.54) is 17.3 Å². The lowest BCUT2D eigenvalue weighted by Gasteiger charge is -2.26. The molecule has 29 heavy (non-hydrogen) atoms. The molecular weight excluding hydrogens is 370 g/mol. The molecule has 0 saturated carbocycles. The average molecular weight is 395 g/mol. The molecule has 1 aliphatic heterocycles. The van der Waals surface area contributed by atoms with Crippen molar-refractivity contribution < 1.29 is 19.4 Å². The minimum absolute atomic E-state index is 0.0774. The van der Waals surface area contributed by atoms with Gasteiger partial charge in [0.15, 0.2) is 0 Å². The van der Waals surface area contributed by atoms with Crippen molar-refractivity contribution >= 4 is 17.4 Å². The standard InChI is InChI=1S/C22H25N3O4/c1-4-29-17-7-5-6-16(14-17)19-18(20(26)15-8-10-23-11-9-15)21(27)22(28)25(19)13-12-24(2)3/h5-11,14,19,26H,4,12-13H2,1-3H3/b20-18+. The molecule has 1 aromatic heterocycles. The predicted molar refractivity (Wildman–Crippen MR) is 109 cm³/mol. The van der Waals surface area contributed by atoms with Crippen LogP contribution in [0.2, 0.25) is 0 Å². The van der Waals surface area contributed by atoms with Crippen LogP contribution < -0.4 is 4.74 Å². The highest BCUT2D eigenvalue weighted by molar-refractivity contribution is 6.46. The van der Waals surface area contributed by atoms with Gasteiger partial charge in [-0.1, -0.05) is 12.1 Å². The highest BCUT2D eigenvalue weighted by Gasteiger charge is 2.46. The van der Waals surface area contributed by atoms with E-state index >= 15 is 0 Å². The van der Waals surface area contributed by atoms with Crippen LogP contribution in [0.25, 0.3) is 5.76 Å². The van der Waals surface area contributed by atoms with Crippen LogP contribution in [0.15, 0.2) is 54.4 Å². The molecule has 1 amide bonds. The first-order valence-corrected chi connectivity index (χ1v) is 9.50. The third-order valence-electron chi connectivity index (χ3n) is 4.77. The lowest BCUT2D eigenvalue weighted by atomic mass is 9.95. The maximum atomic E-state index is 12.9. The van der Waals surface area contributed by atoms with Crippen molar-refractivity contribution in [1.82, 2.24) is 14.8 Å². The summed E-state index contributed by atoms with van der Waals surface area (Å²) in [5.74, 6) is -0.865. The van der Waals surface area contributed by atoms with Crippen molar-refractivity contribution in [3.63, 3.8) is 0 Å². The molecule has 152 valence electrons. The van der Waals surface area contributed by atoms with Crippen LogP contribution in [0.3, 0.4) is 0 Å². The van der Waals surface area contributed by atoms with Gasteiger partial charge in [-0.05, 0) is 50.8 Å². The molecule has 1 atom stereocenters. The fourth-order valence-corrected chi connectivity index (χ4v) is 3.37. The molecule has 0 bridgehead atoms. The topological polar surface area (TPSA) is 83.0 Å². The van der Waals surface area contributed by atoms with Crippen molar-refractivity contribution in [2.24, 2.45) is 0 Å². The van der Waals surface area contributed by atoms with Crippen LogP contribution in [-0.2, 0) is 9.59 Å². The van der Waals surface area contributed by atoms with Gasteiger partial charge >= 0.3 is 0 Å². The summed E-state index contributed by atoms with van der Waals surface area (Å²) < 4.78 is 5.59. The van der Waals surface area contributed by atoms with Gasteiger partial charge < -0.3 is 19.6 Å². The highest BCUT2D eigenvalue weighted by Crippen LogP contribution is 2.40. The zero-order valence-corrected chi connectivity index (χ0v) is 16.8. The van der Waals surface area contributed by atoms with Gasteiger partial charge in [0.25, 0.3) is 11.7 Å². The van der Waals surface area contributed by atoms with Crippen LogP contribution in [0, 0.1) is 0 Å². The molecule has 2 heterocycles. The van der Waals surface area contributed by atoms with Gasteiger partial charge in [-0.2, -0.15) is 0 Å². The number of hydrogen-bond acceptors (Lipinski definition) is 6. The Bertz CT molecular complexity index is 925. The second kappa shape index (κ2) is 8.87. The summed E-state index contributed by atoms with van der Waals surface area (Å²) >= 11 is 0. The number of aliphatic hydroxyl groups excluding tert-OH is 1. The van der Waals surface area contributed by atoms with E-state index in [-0.39, 0.29) is 11.3 Å². The summed E-state index contributed by atoms with van der Waals surface area (Å²) in [6.45, 7) is 3.33. The van der Waals surface area contributed by atoms with E-state index < -0.39 is 17.7 Å². The molecule has 1 aliphatic rings. The maximum absolute atomic E-state index is 12.9. The Balaban J connectivity index is 2.13. The number of hydrogen-bond donors (Lipinski definition) is 1. The van der Waals surface area contributed by atoms with Gasteiger partial charge in [0.05, 0.1) is 18.2 Å². The van der Waals surface area contributed by atoms with Gasteiger partial charge in [0, 0.05) is 31.0 Å². The maximum Gasteiger partial charge on any atom is 0.295 e. The second-order valence-electron chi connectivity index (χ2n) is 7.04. The van der Waals surface area contributed by atoms with E-state index in [4.69, 9.17) is 4.74 Å². The predicted octanol–water partition coefficient (Wildman–Crippen LogP) is 2.46. The minimum atomic E-state index is -0.691. The quantitative estimate of drug-likeness (QED) is 0.441. The number of rotatable bonds is 7. The van der Waals surface area contributed by atoms with Gasteiger partial charge in [-0.25, -0.2) is 0 Å². The molecule has 1 saturated heterocycles. The molecule has 7 nitrogen and oxygen atoms in total. The van der Waals surface area contributed by atoms with Crippen LogP contribution in [0.4, 0.5) is 0 Å². The molecule has 0 spiro atoms. The number of ketones is 1. The Morgan fingerprint density at radius 2 is 1.93 bits per heavy atom. The molecular formula is C22H25N3O4. The van der Waals surface area contributed by atoms with Gasteiger partial charge in [0.1, 0.15) is 11.5 Å². The summed E-state index contributed by atoms with van der Waals surface area (Å²) in [7, 11) is 3.80. The fourth-order valence-electron chi connectivity index (χ4n) is 3.37. The molecule has 1 N–H and O–H groups in total. The number of ether oxygens (including phenoxy) is 1. The van der Waals surface area contributed by atoms with Gasteiger partial charge in [-0.3, -0.25) is 14.6 Å². The van der Waals surface area contributed by atoms with E-state index in [0.29, 0.717) is 36.6 Å². The molecule has 7 heteroatoms. The number of carbonyl (C=O) groups excluding carboxylic acids is 2. The van der Waals surface area contributed by atoms with Crippen molar-refractivity contribution in [2.75, 3.05) is 33.8 Å². The van der Waals surface area contributed by atoms with Crippen molar-refractivity contribution in [2.45, 2.75) is 13.0 Å². The van der Waals surface area contributed by atoms with E-state index in [9.17, 15) is 14.7 Å². The lowest BCUT2D eigenvalue weighted by Crippen LogP contribution is -2.35. The highest BCUT2D eigenvalue weighted by atomic mass is 16.5. The molecule has 3 rings (SSSR count). The number of carbonyl (C=O) groups is 2. The molecule has 1 fully saturated rings. The number of nitrogens with zero attached hydrogens (tertiary/aromatic N) is 3. The lowest BCUT2D eigenvalue weighted by molar-refractivity contribution is -0.140. The van der Waals surface area contributed by atoms with E-state index in [2.05, 4.69) is 4.98 Å². The minimum Gasteiger partial charge on any atom is -0.507 e. The van der Waals surface area contributed by atoms with Crippen LogP contribution >= 0.6 is 0 Å². The Hall–Kier alpha value is -3.19. The Kier molecular flexibility index (Phi) is 6.29. The van der Waals surface area contributed by atoms with Gasteiger partial charge in [0.2, 0.25) is 0 Å². The SMILES string of the molecule is CCOc1cccc(C2/C(=C(\O)c3ccncc3)C(=O)C(=O)N2CCN(C)C)c1. The molecule has 1 unspecified atom stereocenters. The summed E-state index contributed by atoms with van der Waals surface area (Å²) in [6, 6.07) is 9.81. The fraction of sp³-hybridized carbons (Fsp3) is 0.318. The Morgan fingerprint density at radius 1 is 1.21 bits per heavy atom. The number of Topliss-reactive ketones (excluding diaryl/α,β-unsaturated/α-hetero) is 1. The van der Waals surface area contributed by atoms with Crippen LogP contribution in [0.1, 0.15) is 24.1 Å². The van der Waals surface area contributed by atoms with Gasteiger partial charge in [-0.15, -0.1) is 0 Å². The first-order chi connectivity index (χ1) is 13.9. The Morgan fingerprint density at radius 3 is 2.59 bits per heavy atom. The third kappa shape index (κ3) is 4.30. The van der Waals surface area contributed by atoms with Crippen LogP contribution in [0.5, 0.6) is 5.75 Å². The first-order valence-electron chi connectivity index (χ1n) is 9.50. The smallest absolute Gasteiger partial charge is 0.295 e. The second-order valence-corrected chi connectivity index (χ2v) is 7.04. The molecule has 0 aliphatic carbocycles. The zero-order chi connectivity index (χ0) is 21.0. The largest absolute Gasteiger partial charge is 0.507 e. The van der Waals surface area contributed by atoms with Crippen molar-refractivity contribution in [3.05, 3.63) is 65.5 Å². The molecule has 1 aromatic carbocycles. The number of likely N-dealkylation sites (N-methyl/N-ethyl adjacent to an activating group) is 1. The number of aromatic nitrogens is 1.